The first-order valence-electron chi connectivity index (χ1n) is 13.7. The fraction of sp³-hybridized carbons (Fsp3) is 0.500. The summed E-state index contributed by atoms with van der Waals surface area (Å²) in [7, 11) is 3.22. The van der Waals surface area contributed by atoms with Crippen molar-refractivity contribution in [3.63, 3.8) is 0 Å². The molecule has 0 radical (unpaired) electrons. The van der Waals surface area contributed by atoms with Crippen molar-refractivity contribution >= 4 is 17.8 Å². The molecule has 0 spiro atoms. The minimum atomic E-state index is -0.445. The van der Waals surface area contributed by atoms with Gasteiger partial charge in [0, 0.05) is 45.5 Å². The number of amides is 4. The van der Waals surface area contributed by atoms with Crippen molar-refractivity contribution < 1.29 is 28.2 Å². The first kappa shape index (κ1) is 27.3. The summed E-state index contributed by atoms with van der Waals surface area (Å²) in [5.74, 6) is -1.01. The molecule has 1 saturated carbocycles. The Balaban J connectivity index is 1.38. The normalized spacial score (nSPS) is 25.6. The van der Waals surface area contributed by atoms with Gasteiger partial charge in [0.2, 0.25) is 5.91 Å². The van der Waals surface area contributed by atoms with Crippen LogP contribution in [0.2, 0.25) is 0 Å². The van der Waals surface area contributed by atoms with Gasteiger partial charge in [-0.2, -0.15) is 0 Å². The third-order valence-electron chi connectivity index (χ3n) is 8.36. The number of methoxy groups -OCH3 is 2. The highest BCUT2D eigenvalue weighted by Gasteiger charge is 2.51. The Morgan fingerprint density at radius 2 is 1.44 bits per heavy atom. The lowest BCUT2D eigenvalue weighted by molar-refractivity contribution is -0.152. The molecule has 208 valence electrons. The number of halogens is 1. The number of ether oxygens (including phenoxy) is 2. The Kier molecular flexibility index (Phi) is 8.28. The Morgan fingerprint density at radius 3 is 2.08 bits per heavy atom. The first-order chi connectivity index (χ1) is 18.9. The van der Waals surface area contributed by atoms with Gasteiger partial charge in [-0.1, -0.05) is 24.3 Å². The van der Waals surface area contributed by atoms with E-state index in [-0.39, 0.29) is 55.0 Å². The van der Waals surface area contributed by atoms with Gasteiger partial charge in [-0.05, 0) is 67.5 Å². The fourth-order valence-corrected chi connectivity index (χ4v) is 6.14. The Bertz CT molecular complexity index is 1180. The molecule has 2 aromatic carbocycles. The number of likely N-dealkylation sites (tertiary alicyclic amines) is 1. The van der Waals surface area contributed by atoms with Crippen molar-refractivity contribution in [3.8, 4) is 0 Å². The minimum absolute atomic E-state index is 0.0141. The van der Waals surface area contributed by atoms with Crippen LogP contribution in [0.3, 0.4) is 0 Å². The fourth-order valence-electron chi connectivity index (χ4n) is 6.14. The molecule has 0 aromatic heterocycles. The van der Waals surface area contributed by atoms with Crippen molar-refractivity contribution in [2.75, 3.05) is 27.3 Å². The average molecular weight is 538 g/mol. The summed E-state index contributed by atoms with van der Waals surface area (Å²) < 4.78 is 24.8. The molecule has 1 aliphatic carbocycles. The monoisotopic (exact) mass is 537 g/mol. The van der Waals surface area contributed by atoms with Gasteiger partial charge < -0.3 is 19.3 Å². The summed E-state index contributed by atoms with van der Waals surface area (Å²) in [6.07, 6.45) is 3.60. The van der Waals surface area contributed by atoms with Crippen LogP contribution in [0.25, 0.3) is 0 Å². The van der Waals surface area contributed by atoms with Gasteiger partial charge in [0.15, 0.2) is 0 Å². The molecule has 39 heavy (non-hydrogen) atoms. The molecular weight excluding hydrogens is 501 g/mol. The summed E-state index contributed by atoms with van der Waals surface area (Å²) in [4.78, 5) is 45.3. The molecule has 4 atom stereocenters. The molecule has 2 heterocycles. The van der Waals surface area contributed by atoms with E-state index in [2.05, 4.69) is 0 Å². The smallest absolute Gasteiger partial charge is 0.327 e. The summed E-state index contributed by atoms with van der Waals surface area (Å²) >= 11 is 0. The Hall–Kier alpha value is -3.30. The van der Waals surface area contributed by atoms with Crippen LogP contribution >= 0.6 is 0 Å². The van der Waals surface area contributed by atoms with Crippen LogP contribution in [0.4, 0.5) is 9.18 Å². The van der Waals surface area contributed by atoms with E-state index in [9.17, 15) is 18.8 Å². The number of rotatable bonds is 7. The molecule has 3 fully saturated rings. The molecule has 3 aliphatic rings. The number of carbonyl (C=O) groups is 3. The highest BCUT2D eigenvalue weighted by atomic mass is 19.1. The van der Waals surface area contributed by atoms with Gasteiger partial charge in [0.1, 0.15) is 5.82 Å². The second-order valence-electron chi connectivity index (χ2n) is 10.7. The highest BCUT2D eigenvalue weighted by Crippen LogP contribution is 2.38. The maximum absolute atomic E-state index is 13.8. The van der Waals surface area contributed by atoms with Crippen molar-refractivity contribution in [1.29, 1.82) is 0 Å². The number of nitrogens with zero attached hydrogens (tertiary/aromatic N) is 3. The summed E-state index contributed by atoms with van der Waals surface area (Å²) in [5.41, 5.74) is 2.15. The Morgan fingerprint density at radius 1 is 0.846 bits per heavy atom. The second-order valence-corrected chi connectivity index (χ2v) is 10.7. The van der Waals surface area contributed by atoms with Crippen molar-refractivity contribution in [3.05, 3.63) is 71.0 Å². The van der Waals surface area contributed by atoms with Crippen LogP contribution in [-0.2, 0) is 27.4 Å². The van der Waals surface area contributed by atoms with Gasteiger partial charge in [0.05, 0.1) is 24.7 Å². The zero-order chi connectivity index (χ0) is 27.5. The van der Waals surface area contributed by atoms with Crippen LogP contribution in [0, 0.1) is 11.7 Å². The van der Waals surface area contributed by atoms with Gasteiger partial charge in [0.25, 0.3) is 5.91 Å². The van der Waals surface area contributed by atoms with E-state index in [4.69, 9.17) is 9.47 Å². The molecule has 0 N–H and O–H groups in total. The van der Waals surface area contributed by atoms with Crippen molar-refractivity contribution in [2.24, 2.45) is 5.92 Å². The zero-order valence-electron chi connectivity index (χ0n) is 22.6. The largest absolute Gasteiger partial charge is 0.379 e. The average Bonchev–Trinajstić information content (AvgIpc) is 2.98. The standard InChI is InChI=1S/C30H36FN3O5/c1-38-26-16-24-25(17-27(26)39-2)33(18-21-8-12-23(31)13-9-21)30(37)34(29(24)36)19-20-6-10-22(11-7-20)28(35)32-14-4-3-5-15-32/h6-13,24-27H,3-5,14-19H2,1-2H3. The summed E-state index contributed by atoms with van der Waals surface area (Å²) in [6, 6.07) is 12.5. The molecular formula is C30H36FN3O5. The number of hydrogen-bond acceptors (Lipinski definition) is 5. The number of imide groups is 1. The summed E-state index contributed by atoms with van der Waals surface area (Å²) in [6.45, 7) is 1.90. The number of piperidine rings is 1. The molecule has 8 nitrogen and oxygen atoms in total. The third kappa shape index (κ3) is 5.70. The van der Waals surface area contributed by atoms with Crippen LogP contribution in [0.5, 0.6) is 0 Å². The predicted octanol–water partition coefficient (Wildman–Crippen LogP) is 4.22. The maximum atomic E-state index is 13.8. The van der Waals surface area contributed by atoms with E-state index < -0.39 is 5.92 Å². The van der Waals surface area contributed by atoms with E-state index in [1.54, 1.807) is 43.4 Å². The lowest BCUT2D eigenvalue weighted by Crippen LogP contribution is -2.64. The molecule has 4 unspecified atom stereocenters. The lowest BCUT2D eigenvalue weighted by atomic mass is 9.77. The SMILES string of the molecule is COC1CC2C(=O)N(Cc3ccc(C(=O)N4CCCCC4)cc3)C(=O)N(Cc3ccc(F)cc3)C2CC1OC. The van der Waals surface area contributed by atoms with Gasteiger partial charge in [-0.3, -0.25) is 14.5 Å². The van der Waals surface area contributed by atoms with E-state index in [1.807, 2.05) is 17.0 Å². The maximum Gasteiger partial charge on any atom is 0.327 e. The molecule has 2 aromatic rings. The van der Waals surface area contributed by atoms with Crippen LogP contribution < -0.4 is 0 Å². The number of carbonyl (C=O) groups excluding carboxylic acids is 3. The predicted molar refractivity (Wildman–Crippen MR) is 142 cm³/mol. The van der Waals surface area contributed by atoms with E-state index in [0.29, 0.717) is 18.4 Å². The van der Waals surface area contributed by atoms with Crippen LogP contribution in [0.1, 0.15) is 53.6 Å². The second kappa shape index (κ2) is 11.8. The number of hydrogen-bond donors (Lipinski definition) is 0. The first-order valence-corrected chi connectivity index (χ1v) is 13.7. The molecule has 4 amide bonds. The summed E-state index contributed by atoms with van der Waals surface area (Å²) in [5, 5.41) is 0. The number of fused-ring (bicyclic) bond motifs is 1. The van der Waals surface area contributed by atoms with E-state index >= 15 is 0 Å². The van der Waals surface area contributed by atoms with E-state index in [0.717, 1.165) is 43.5 Å². The van der Waals surface area contributed by atoms with Crippen LogP contribution in [-0.4, -0.2) is 78.1 Å². The lowest BCUT2D eigenvalue weighted by Gasteiger charge is -2.50. The topological polar surface area (TPSA) is 79.4 Å². The van der Waals surface area contributed by atoms with Crippen molar-refractivity contribution in [1.82, 2.24) is 14.7 Å². The molecule has 2 aliphatic heterocycles. The van der Waals surface area contributed by atoms with Crippen molar-refractivity contribution in [2.45, 2.75) is 63.4 Å². The molecule has 2 saturated heterocycles. The quantitative estimate of drug-likeness (QED) is 0.528. The van der Waals surface area contributed by atoms with E-state index in [1.165, 1.54) is 17.0 Å². The molecule has 5 rings (SSSR count). The van der Waals surface area contributed by atoms with Gasteiger partial charge in [-0.25, -0.2) is 9.18 Å². The zero-order valence-corrected chi connectivity index (χ0v) is 22.6. The Labute approximate surface area is 228 Å². The minimum Gasteiger partial charge on any atom is -0.379 e. The molecule has 9 heteroatoms. The highest BCUT2D eigenvalue weighted by molar-refractivity contribution is 5.99. The van der Waals surface area contributed by atoms with Gasteiger partial charge in [-0.15, -0.1) is 0 Å². The number of urea groups is 1. The third-order valence-corrected chi connectivity index (χ3v) is 8.36. The molecule has 0 bridgehead atoms. The van der Waals surface area contributed by atoms with Gasteiger partial charge >= 0.3 is 6.03 Å². The number of benzene rings is 2. The van der Waals surface area contributed by atoms with Crippen LogP contribution in [0.15, 0.2) is 48.5 Å².